The lowest BCUT2D eigenvalue weighted by Crippen LogP contribution is -2.41. The third-order valence-electron chi connectivity index (χ3n) is 2.52. The fourth-order valence-corrected chi connectivity index (χ4v) is 1.66. The van der Waals surface area contributed by atoms with E-state index >= 15 is 0 Å². The molecule has 13 heavy (non-hydrogen) atoms. The molecule has 0 aromatic rings. The van der Waals surface area contributed by atoms with Crippen LogP contribution < -0.4 is 5.32 Å². The number of aliphatic hydroxyl groups is 1. The maximum Gasteiger partial charge on any atom is 0.222 e. The molecule has 0 radical (unpaired) electrons. The average Bonchev–Trinajstić information content (AvgIpc) is 2.04. The molecule has 0 aliphatic heterocycles. The largest absolute Gasteiger partial charge is 0.393 e. The zero-order chi connectivity index (χ0) is 9.84. The lowest BCUT2D eigenvalue weighted by molar-refractivity contribution is -0.125. The molecule has 2 atom stereocenters. The Bertz CT molecular complexity index is 180. The minimum absolute atomic E-state index is 0.0408. The molecular formula is C10H19NO2. The van der Waals surface area contributed by atoms with Gasteiger partial charge in [-0.05, 0) is 25.7 Å². The van der Waals surface area contributed by atoms with Crippen LogP contribution in [0.3, 0.4) is 0 Å². The zero-order valence-electron chi connectivity index (χ0n) is 8.42. The van der Waals surface area contributed by atoms with E-state index in [1.807, 2.05) is 13.8 Å². The standard InChI is InChI=1S/C10H19NO2/c1-7(2)10(13)11-8-4-3-5-9(12)6-8/h7-9,12H,3-6H2,1-2H3,(H,11,13). The fraction of sp³-hybridized carbons (Fsp3) is 0.900. The summed E-state index contributed by atoms with van der Waals surface area (Å²) in [6, 6.07) is 0.193. The van der Waals surface area contributed by atoms with Crippen molar-refractivity contribution in [2.24, 2.45) is 5.92 Å². The van der Waals surface area contributed by atoms with Gasteiger partial charge in [0.25, 0.3) is 0 Å². The van der Waals surface area contributed by atoms with Gasteiger partial charge < -0.3 is 10.4 Å². The van der Waals surface area contributed by atoms with E-state index < -0.39 is 0 Å². The molecular weight excluding hydrogens is 166 g/mol. The highest BCUT2D eigenvalue weighted by Crippen LogP contribution is 2.18. The number of amides is 1. The Morgan fingerprint density at radius 1 is 1.46 bits per heavy atom. The highest BCUT2D eigenvalue weighted by Gasteiger charge is 2.22. The summed E-state index contributed by atoms with van der Waals surface area (Å²) in [6.07, 6.45) is 3.41. The summed E-state index contributed by atoms with van der Waals surface area (Å²) >= 11 is 0. The van der Waals surface area contributed by atoms with Gasteiger partial charge in [0.05, 0.1) is 6.10 Å². The van der Waals surface area contributed by atoms with Crippen molar-refractivity contribution in [1.82, 2.24) is 5.32 Å². The summed E-state index contributed by atoms with van der Waals surface area (Å²) in [7, 11) is 0. The van der Waals surface area contributed by atoms with Crippen LogP contribution >= 0.6 is 0 Å². The van der Waals surface area contributed by atoms with Crippen molar-refractivity contribution in [1.29, 1.82) is 0 Å². The van der Waals surface area contributed by atoms with E-state index in [-0.39, 0.29) is 24.0 Å². The van der Waals surface area contributed by atoms with E-state index in [2.05, 4.69) is 5.32 Å². The number of hydrogen-bond donors (Lipinski definition) is 2. The lowest BCUT2D eigenvalue weighted by atomic mass is 9.92. The van der Waals surface area contributed by atoms with Crippen LogP contribution in [0.4, 0.5) is 0 Å². The van der Waals surface area contributed by atoms with Crippen LogP contribution in [0.5, 0.6) is 0 Å². The summed E-state index contributed by atoms with van der Waals surface area (Å²) in [5.74, 6) is 0.137. The monoisotopic (exact) mass is 185 g/mol. The van der Waals surface area contributed by atoms with Gasteiger partial charge in [0.2, 0.25) is 5.91 Å². The molecule has 3 nitrogen and oxygen atoms in total. The van der Waals surface area contributed by atoms with Gasteiger partial charge in [0, 0.05) is 12.0 Å². The molecule has 0 spiro atoms. The minimum Gasteiger partial charge on any atom is -0.393 e. The van der Waals surface area contributed by atoms with Gasteiger partial charge in [-0.2, -0.15) is 0 Å². The summed E-state index contributed by atoms with van der Waals surface area (Å²) in [6.45, 7) is 3.77. The second kappa shape index (κ2) is 4.61. The van der Waals surface area contributed by atoms with Crippen molar-refractivity contribution < 1.29 is 9.90 Å². The van der Waals surface area contributed by atoms with Crippen LogP contribution in [0.2, 0.25) is 0 Å². The summed E-state index contributed by atoms with van der Waals surface area (Å²) in [5.41, 5.74) is 0. The molecule has 0 bridgehead atoms. The Morgan fingerprint density at radius 3 is 2.69 bits per heavy atom. The SMILES string of the molecule is CC(C)C(=O)NC1CCCC(O)C1. The molecule has 1 aliphatic carbocycles. The second-order valence-electron chi connectivity index (χ2n) is 4.18. The van der Waals surface area contributed by atoms with Crippen LogP contribution in [0.1, 0.15) is 39.5 Å². The van der Waals surface area contributed by atoms with Crippen LogP contribution in [-0.2, 0) is 4.79 Å². The number of carbonyl (C=O) groups is 1. The Labute approximate surface area is 79.5 Å². The number of hydrogen-bond acceptors (Lipinski definition) is 2. The number of carbonyl (C=O) groups excluding carboxylic acids is 1. The first-order chi connectivity index (χ1) is 6.09. The van der Waals surface area contributed by atoms with Crippen molar-refractivity contribution >= 4 is 5.91 Å². The van der Waals surface area contributed by atoms with Gasteiger partial charge in [-0.15, -0.1) is 0 Å². The van der Waals surface area contributed by atoms with E-state index in [0.717, 1.165) is 25.7 Å². The van der Waals surface area contributed by atoms with Crippen LogP contribution in [0, 0.1) is 5.92 Å². The molecule has 2 N–H and O–H groups in total. The van der Waals surface area contributed by atoms with E-state index in [1.165, 1.54) is 0 Å². The quantitative estimate of drug-likeness (QED) is 0.676. The van der Waals surface area contributed by atoms with Crippen molar-refractivity contribution in [3.63, 3.8) is 0 Å². The van der Waals surface area contributed by atoms with E-state index in [0.29, 0.717) is 0 Å². The Balaban J connectivity index is 2.31. The van der Waals surface area contributed by atoms with Crippen LogP contribution in [0.25, 0.3) is 0 Å². The van der Waals surface area contributed by atoms with Crippen molar-refractivity contribution in [3.8, 4) is 0 Å². The van der Waals surface area contributed by atoms with Gasteiger partial charge in [-0.25, -0.2) is 0 Å². The van der Waals surface area contributed by atoms with Crippen molar-refractivity contribution in [2.45, 2.75) is 51.7 Å². The van der Waals surface area contributed by atoms with Crippen LogP contribution in [0.15, 0.2) is 0 Å². The maximum atomic E-state index is 11.3. The molecule has 0 saturated heterocycles. The van der Waals surface area contributed by atoms with Crippen molar-refractivity contribution in [2.75, 3.05) is 0 Å². The fourth-order valence-electron chi connectivity index (χ4n) is 1.66. The van der Waals surface area contributed by atoms with Gasteiger partial charge in [-0.3, -0.25) is 4.79 Å². The van der Waals surface area contributed by atoms with E-state index in [4.69, 9.17) is 0 Å². The molecule has 1 amide bonds. The van der Waals surface area contributed by atoms with E-state index in [9.17, 15) is 9.90 Å². The highest BCUT2D eigenvalue weighted by molar-refractivity contribution is 5.78. The summed E-state index contributed by atoms with van der Waals surface area (Å²) in [4.78, 5) is 11.3. The Hall–Kier alpha value is -0.570. The topological polar surface area (TPSA) is 49.3 Å². The highest BCUT2D eigenvalue weighted by atomic mass is 16.3. The predicted molar refractivity (Wildman–Crippen MR) is 51.2 cm³/mol. The number of aliphatic hydroxyl groups excluding tert-OH is 1. The molecule has 1 saturated carbocycles. The molecule has 2 unspecified atom stereocenters. The third kappa shape index (κ3) is 3.35. The summed E-state index contributed by atoms with van der Waals surface area (Å²) < 4.78 is 0. The maximum absolute atomic E-state index is 11.3. The number of nitrogens with one attached hydrogen (secondary N) is 1. The predicted octanol–water partition coefficient (Wildman–Crippen LogP) is 1.06. The zero-order valence-corrected chi connectivity index (χ0v) is 8.42. The molecule has 1 rings (SSSR count). The smallest absolute Gasteiger partial charge is 0.222 e. The molecule has 1 fully saturated rings. The third-order valence-corrected chi connectivity index (χ3v) is 2.52. The molecule has 0 aromatic carbocycles. The van der Waals surface area contributed by atoms with Gasteiger partial charge in [0.15, 0.2) is 0 Å². The van der Waals surface area contributed by atoms with Gasteiger partial charge in [-0.1, -0.05) is 13.8 Å². The first kappa shape index (κ1) is 10.5. The van der Waals surface area contributed by atoms with Crippen molar-refractivity contribution in [3.05, 3.63) is 0 Å². The van der Waals surface area contributed by atoms with E-state index in [1.54, 1.807) is 0 Å². The molecule has 0 heterocycles. The Morgan fingerprint density at radius 2 is 2.15 bits per heavy atom. The lowest BCUT2D eigenvalue weighted by Gasteiger charge is -2.27. The molecule has 76 valence electrons. The van der Waals surface area contributed by atoms with Crippen LogP contribution in [-0.4, -0.2) is 23.2 Å². The minimum atomic E-state index is -0.216. The van der Waals surface area contributed by atoms with Gasteiger partial charge >= 0.3 is 0 Å². The molecule has 3 heteroatoms. The Kier molecular flexibility index (Phi) is 3.72. The van der Waals surface area contributed by atoms with Gasteiger partial charge in [0.1, 0.15) is 0 Å². The second-order valence-corrected chi connectivity index (χ2v) is 4.18. The first-order valence-corrected chi connectivity index (χ1v) is 5.08. The molecule has 0 aromatic heterocycles. The summed E-state index contributed by atoms with van der Waals surface area (Å²) in [5, 5.41) is 12.3. The average molecular weight is 185 g/mol. The number of rotatable bonds is 2. The first-order valence-electron chi connectivity index (χ1n) is 5.08. The molecule has 1 aliphatic rings. The normalized spacial score (nSPS) is 28.9.